The second-order valence-electron chi connectivity index (χ2n) is 5.86. The van der Waals surface area contributed by atoms with Crippen molar-refractivity contribution in [3.05, 3.63) is 35.4 Å². The van der Waals surface area contributed by atoms with Gasteiger partial charge in [-0.15, -0.1) is 0 Å². The van der Waals surface area contributed by atoms with Gasteiger partial charge in [-0.05, 0) is 31.9 Å². The molecule has 0 radical (unpaired) electrons. The molecule has 0 unspecified atom stereocenters. The number of hydrogen-bond donors (Lipinski definition) is 2. The van der Waals surface area contributed by atoms with E-state index in [-0.39, 0.29) is 5.54 Å². The van der Waals surface area contributed by atoms with Gasteiger partial charge in [-0.2, -0.15) is 0 Å². The average molecular weight is 245 g/mol. The van der Waals surface area contributed by atoms with E-state index in [1.54, 1.807) is 0 Å². The van der Waals surface area contributed by atoms with Crippen molar-refractivity contribution >= 4 is 5.84 Å². The van der Waals surface area contributed by atoms with Crippen LogP contribution in [0.25, 0.3) is 0 Å². The summed E-state index contributed by atoms with van der Waals surface area (Å²) in [6.45, 7) is 9.38. The minimum atomic E-state index is 0.160. The average Bonchev–Trinajstić information content (AvgIpc) is 2.79. The van der Waals surface area contributed by atoms with E-state index in [9.17, 15) is 0 Å². The highest BCUT2D eigenvalue weighted by Crippen LogP contribution is 2.09. The summed E-state index contributed by atoms with van der Waals surface area (Å²) in [4.78, 5) is 4.44. The lowest BCUT2D eigenvalue weighted by molar-refractivity contribution is 0.424. The van der Waals surface area contributed by atoms with E-state index in [1.807, 2.05) is 0 Å². The van der Waals surface area contributed by atoms with Gasteiger partial charge in [0.2, 0.25) is 0 Å². The standard InChI is InChI=1S/C15H23N3/c1-15(2,3)18-11-13-6-4-5-12(9-13)10-14-16-7-8-17-14/h4-6,9,18H,7-8,10-11H2,1-3H3,(H,16,17). The zero-order valence-electron chi connectivity index (χ0n) is 11.6. The van der Waals surface area contributed by atoms with Crippen molar-refractivity contribution in [2.24, 2.45) is 4.99 Å². The van der Waals surface area contributed by atoms with Crippen LogP contribution in [-0.2, 0) is 13.0 Å². The molecule has 1 aliphatic rings. The van der Waals surface area contributed by atoms with Gasteiger partial charge in [0.05, 0.1) is 6.54 Å². The van der Waals surface area contributed by atoms with E-state index < -0.39 is 0 Å². The summed E-state index contributed by atoms with van der Waals surface area (Å²) in [5.74, 6) is 1.12. The molecule has 1 aromatic carbocycles. The quantitative estimate of drug-likeness (QED) is 0.852. The molecule has 0 saturated heterocycles. The van der Waals surface area contributed by atoms with Gasteiger partial charge in [-0.1, -0.05) is 24.3 Å². The lowest BCUT2D eigenvalue weighted by Gasteiger charge is -2.20. The van der Waals surface area contributed by atoms with Gasteiger partial charge in [-0.25, -0.2) is 0 Å². The number of aliphatic imine (C=N–C) groups is 1. The van der Waals surface area contributed by atoms with Crippen molar-refractivity contribution < 1.29 is 0 Å². The highest BCUT2D eigenvalue weighted by molar-refractivity contribution is 5.85. The fourth-order valence-electron chi connectivity index (χ4n) is 1.98. The summed E-state index contributed by atoms with van der Waals surface area (Å²) in [6.07, 6.45) is 0.920. The number of rotatable bonds is 4. The first-order valence-electron chi connectivity index (χ1n) is 6.63. The summed E-state index contributed by atoms with van der Waals surface area (Å²) in [5, 5.41) is 6.83. The molecule has 0 aliphatic carbocycles. The molecule has 2 rings (SSSR count). The maximum Gasteiger partial charge on any atom is 0.101 e. The SMILES string of the molecule is CC(C)(C)NCc1cccc(CC2=NCCN2)c1. The van der Waals surface area contributed by atoms with E-state index in [2.05, 4.69) is 60.7 Å². The first kappa shape index (κ1) is 13.1. The Morgan fingerprint density at radius 2 is 2.06 bits per heavy atom. The first-order chi connectivity index (χ1) is 8.53. The number of nitrogens with zero attached hydrogens (tertiary/aromatic N) is 1. The van der Waals surface area contributed by atoms with Gasteiger partial charge in [0, 0.05) is 25.0 Å². The maximum atomic E-state index is 4.44. The van der Waals surface area contributed by atoms with Crippen molar-refractivity contribution in [2.45, 2.75) is 39.3 Å². The Labute approximate surface area is 110 Å². The molecule has 0 bridgehead atoms. The zero-order valence-corrected chi connectivity index (χ0v) is 11.6. The van der Waals surface area contributed by atoms with Crippen molar-refractivity contribution in [2.75, 3.05) is 13.1 Å². The normalized spacial score (nSPS) is 15.4. The Kier molecular flexibility index (Phi) is 4.02. The smallest absolute Gasteiger partial charge is 0.101 e. The Bertz CT molecular complexity index is 430. The summed E-state index contributed by atoms with van der Waals surface area (Å²) in [5.41, 5.74) is 2.82. The summed E-state index contributed by atoms with van der Waals surface area (Å²) in [6, 6.07) is 8.74. The first-order valence-corrected chi connectivity index (χ1v) is 6.63. The topological polar surface area (TPSA) is 36.4 Å². The molecule has 3 nitrogen and oxygen atoms in total. The third-order valence-corrected chi connectivity index (χ3v) is 2.93. The Balaban J connectivity index is 1.96. The highest BCUT2D eigenvalue weighted by Gasteiger charge is 2.09. The third kappa shape index (κ3) is 4.15. The molecule has 0 saturated carbocycles. The summed E-state index contributed by atoms with van der Waals surface area (Å²) >= 11 is 0. The highest BCUT2D eigenvalue weighted by atomic mass is 15.1. The molecule has 0 amide bonds. The summed E-state index contributed by atoms with van der Waals surface area (Å²) < 4.78 is 0. The van der Waals surface area contributed by atoms with Gasteiger partial charge in [0.25, 0.3) is 0 Å². The number of nitrogens with one attached hydrogen (secondary N) is 2. The van der Waals surface area contributed by atoms with Crippen LogP contribution in [0.3, 0.4) is 0 Å². The van der Waals surface area contributed by atoms with Crippen molar-refractivity contribution in [3.63, 3.8) is 0 Å². The Hall–Kier alpha value is -1.35. The molecule has 1 heterocycles. The van der Waals surface area contributed by atoms with Crippen LogP contribution in [0.1, 0.15) is 31.9 Å². The fraction of sp³-hybridized carbons (Fsp3) is 0.533. The second kappa shape index (κ2) is 5.53. The van der Waals surface area contributed by atoms with Gasteiger partial charge in [-0.3, -0.25) is 4.99 Å². The number of amidine groups is 1. The van der Waals surface area contributed by atoms with Crippen LogP contribution in [0.4, 0.5) is 0 Å². The largest absolute Gasteiger partial charge is 0.372 e. The van der Waals surface area contributed by atoms with Crippen LogP contribution in [0.15, 0.2) is 29.3 Å². The van der Waals surface area contributed by atoms with Crippen molar-refractivity contribution in [1.82, 2.24) is 10.6 Å². The van der Waals surface area contributed by atoms with Crippen LogP contribution < -0.4 is 10.6 Å². The molecule has 0 spiro atoms. The van der Waals surface area contributed by atoms with Crippen molar-refractivity contribution in [1.29, 1.82) is 0 Å². The van der Waals surface area contributed by atoms with Crippen LogP contribution >= 0.6 is 0 Å². The molecule has 0 aromatic heterocycles. The van der Waals surface area contributed by atoms with E-state index >= 15 is 0 Å². The lowest BCUT2D eigenvalue weighted by Crippen LogP contribution is -2.35. The van der Waals surface area contributed by atoms with Crippen LogP contribution in [0.5, 0.6) is 0 Å². The molecule has 1 aliphatic heterocycles. The molecule has 2 N–H and O–H groups in total. The van der Waals surface area contributed by atoms with E-state index in [1.165, 1.54) is 11.1 Å². The van der Waals surface area contributed by atoms with E-state index in [4.69, 9.17) is 0 Å². The lowest BCUT2D eigenvalue weighted by atomic mass is 10.1. The van der Waals surface area contributed by atoms with Gasteiger partial charge >= 0.3 is 0 Å². The Morgan fingerprint density at radius 1 is 1.28 bits per heavy atom. The van der Waals surface area contributed by atoms with E-state index in [0.717, 1.165) is 31.9 Å². The number of hydrogen-bond acceptors (Lipinski definition) is 3. The minimum absolute atomic E-state index is 0.160. The molecule has 0 fully saturated rings. The minimum Gasteiger partial charge on any atom is -0.372 e. The molecule has 1 aromatic rings. The number of benzene rings is 1. The predicted octanol–water partition coefficient (Wildman–Crippen LogP) is 2.12. The van der Waals surface area contributed by atoms with E-state index in [0.29, 0.717) is 0 Å². The van der Waals surface area contributed by atoms with Crippen LogP contribution in [0.2, 0.25) is 0 Å². The molecular formula is C15H23N3. The van der Waals surface area contributed by atoms with Gasteiger partial charge in [0.1, 0.15) is 5.84 Å². The molecule has 18 heavy (non-hydrogen) atoms. The zero-order chi connectivity index (χ0) is 13.0. The fourth-order valence-corrected chi connectivity index (χ4v) is 1.98. The third-order valence-electron chi connectivity index (χ3n) is 2.93. The van der Waals surface area contributed by atoms with Gasteiger partial charge < -0.3 is 10.6 Å². The molecule has 98 valence electrons. The summed E-state index contributed by atoms with van der Waals surface area (Å²) in [7, 11) is 0. The predicted molar refractivity (Wildman–Crippen MR) is 77.0 cm³/mol. The monoisotopic (exact) mass is 245 g/mol. The van der Waals surface area contributed by atoms with Gasteiger partial charge in [0.15, 0.2) is 0 Å². The second-order valence-corrected chi connectivity index (χ2v) is 5.86. The molecule has 3 heteroatoms. The molecular weight excluding hydrogens is 222 g/mol. The molecule has 0 atom stereocenters. The maximum absolute atomic E-state index is 4.44. The van der Waals surface area contributed by atoms with Crippen molar-refractivity contribution in [3.8, 4) is 0 Å². The van der Waals surface area contributed by atoms with Crippen LogP contribution in [-0.4, -0.2) is 24.5 Å². The van der Waals surface area contributed by atoms with Crippen LogP contribution in [0, 0.1) is 0 Å². The Morgan fingerprint density at radius 3 is 2.72 bits per heavy atom.